The lowest BCUT2D eigenvalue weighted by atomic mass is 10.6. The Hall–Kier alpha value is -1.26. The zero-order valence-corrected chi connectivity index (χ0v) is 7.02. The number of hydrogen-bond donors (Lipinski definition) is 3. The molecule has 0 aliphatic heterocycles. The van der Waals surface area contributed by atoms with E-state index in [-0.39, 0.29) is 18.5 Å². The first-order chi connectivity index (χ1) is 5.72. The molecule has 1 aliphatic rings. The third-order valence-electron chi connectivity index (χ3n) is 1.60. The van der Waals surface area contributed by atoms with Gasteiger partial charge >= 0.3 is 6.03 Å². The van der Waals surface area contributed by atoms with Gasteiger partial charge in [0.15, 0.2) is 0 Å². The normalized spacial score (nSPS) is 15.1. The van der Waals surface area contributed by atoms with Crippen molar-refractivity contribution in [3.8, 4) is 0 Å². The molecule has 0 saturated heterocycles. The predicted molar refractivity (Wildman–Crippen MR) is 43.6 cm³/mol. The monoisotopic (exact) mass is 171 g/mol. The Morgan fingerprint density at radius 3 is 2.58 bits per heavy atom. The molecule has 5 nitrogen and oxygen atoms in total. The highest BCUT2D eigenvalue weighted by molar-refractivity contribution is 5.83. The molecular formula is C7H13N3O2. The molecule has 1 aliphatic carbocycles. The zero-order valence-electron chi connectivity index (χ0n) is 7.02. The predicted octanol–water partition coefficient (Wildman–Crippen LogP) is -0.806. The first-order valence-electron chi connectivity index (χ1n) is 3.97. The van der Waals surface area contributed by atoms with Crippen LogP contribution in [0.4, 0.5) is 4.79 Å². The van der Waals surface area contributed by atoms with Crippen LogP contribution in [0.2, 0.25) is 0 Å². The maximum Gasteiger partial charge on any atom is 0.315 e. The Kier molecular flexibility index (Phi) is 2.90. The van der Waals surface area contributed by atoms with E-state index in [2.05, 4.69) is 16.0 Å². The largest absolute Gasteiger partial charge is 0.358 e. The molecule has 0 radical (unpaired) electrons. The second-order valence-electron chi connectivity index (χ2n) is 2.77. The standard InChI is InChI=1S/C7H13N3O2/c1-8-6(11)4-9-7(12)10-5-2-3-5/h5H,2-4H2,1H3,(H,8,11)(H2,9,10,12). The molecule has 3 amide bonds. The number of urea groups is 1. The Morgan fingerprint density at radius 2 is 2.08 bits per heavy atom. The van der Waals surface area contributed by atoms with Crippen molar-refractivity contribution in [1.82, 2.24) is 16.0 Å². The first-order valence-corrected chi connectivity index (χ1v) is 3.97. The minimum Gasteiger partial charge on any atom is -0.358 e. The smallest absolute Gasteiger partial charge is 0.315 e. The second-order valence-corrected chi connectivity index (χ2v) is 2.77. The second kappa shape index (κ2) is 3.94. The van der Waals surface area contributed by atoms with Crippen LogP contribution in [-0.4, -0.2) is 31.6 Å². The summed E-state index contributed by atoms with van der Waals surface area (Å²) in [5.41, 5.74) is 0. The van der Waals surface area contributed by atoms with Crippen LogP contribution in [-0.2, 0) is 4.79 Å². The number of hydrogen-bond acceptors (Lipinski definition) is 2. The highest BCUT2D eigenvalue weighted by atomic mass is 16.2. The molecule has 0 aromatic carbocycles. The van der Waals surface area contributed by atoms with Crippen molar-refractivity contribution in [3.63, 3.8) is 0 Å². The summed E-state index contributed by atoms with van der Waals surface area (Å²) in [7, 11) is 1.53. The van der Waals surface area contributed by atoms with E-state index in [1.165, 1.54) is 7.05 Å². The minimum atomic E-state index is -0.263. The zero-order chi connectivity index (χ0) is 8.97. The molecule has 5 heteroatoms. The van der Waals surface area contributed by atoms with Gasteiger partial charge in [0.05, 0.1) is 6.54 Å². The Balaban J connectivity index is 2.04. The van der Waals surface area contributed by atoms with E-state index in [0.29, 0.717) is 6.04 Å². The number of likely N-dealkylation sites (N-methyl/N-ethyl adjacent to an activating group) is 1. The van der Waals surface area contributed by atoms with Crippen molar-refractivity contribution in [3.05, 3.63) is 0 Å². The van der Waals surface area contributed by atoms with Crippen LogP contribution in [0.3, 0.4) is 0 Å². The number of rotatable bonds is 3. The molecule has 0 aromatic rings. The SMILES string of the molecule is CNC(=O)CNC(=O)NC1CC1. The summed E-state index contributed by atoms with van der Waals surface area (Å²) < 4.78 is 0. The van der Waals surface area contributed by atoms with Gasteiger partial charge in [-0.05, 0) is 12.8 Å². The molecule has 0 atom stereocenters. The molecule has 1 rings (SSSR count). The molecule has 0 unspecified atom stereocenters. The van der Waals surface area contributed by atoms with E-state index in [0.717, 1.165) is 12.8 Å². The topological polar surface area (TPSA) is 70.2 Å². The fraction of sp³-hybridized carbons (Fsp3) is 0.714. The van der Waals surface area contributed by atoms with Gasteiger partial charge in [-0.15, -0.1) is 0 Å². The molecule has 1 fully saturated rings. The molecular weight excluding hydrogens is 158 g/mol. The fourth-order valence-corrected chi connectivity index (χ4v) is 0.713. The van der Waals surface area contributed by atoms with Gasteiger partial charge in [-0.3, -0.25) is 4.79 Å². The van der Waals surface area contributed by atoms with E-state index >= 15 is 0 Å². The van der Waals surface area contributed by atoms with Gasteiger partial charge in [-0.1, -0.05) is 0 Å². The van der Waals surface area contributed by atoms with E-state index in [1.54, 1.807) is 0 Å². The van der Waals surface area contributed by atoms with Crippen molar-refractivity contribution in [2.75, 3.05) is 13.6 Å². The Morgan fingerprint density at radius 1 is 1.42 bits per heavy atom. The van der Waals surface area contributed by atoms with Crippen LogP contribution in [0.25, 0.3) is 0 Å². The molecule has 68 valence electrons. The highest BCUT2D eigenvalue weighted by Crippen LogP contribution is 2.17. The molecule has 0 heterocycles. The van der Waals surface area contributed by atoms with E-state index < -0.39 is 0 Å². The quantitative estimate of drug-likeness (QED) is 0.520. The molecule has 0 spiro atoms. The lowest BCUT2D eigenvalue weighted by Gasteiger charge is -2.04. The van der Waals surface area contributed by atoms with Crippen LogP contribution in [0.5, 0.6) is 0 Å². The van der Waals surface area contributed by atoms with Gasteiger partial charge < -0.3 is 16.0 Å². The summed E-state index contributed by atoms with van der Waals surface area (Å²) in [6, 6.07) is 0.0655. The third-order valence-corrected chi connectivity index (χ3v) is 1.60. The molecule has 3 N–H and O–H groups in total. The number of carbonyl (C=O) groups is 2. The van der Waals surface area contributed by atoms with Gasteiger partial charge in [0.2, 0.25) is 5.91 Å². The third kappa shape index (κ3) is 3.23. The van der Waals surface area contributed by atoms with Crippen molar-refractivity contribution in [1.29, 1.82) is 0 Å². The summed E-state index contributed by atoms with van der Waals surface area (Å²) in [5.74, 6) is -0.194. The van der Waals surface area contributed by atoms with Gasteiger partial charge in [0.25, 0.3) is 0 Å². The minimum absolute atomic E-state index is 0.0368. The van der Waals surface area contributed by atoms with Crippen molar-refractivity contribution < 1.29 is 9.59 Å². The van der Waals surface area contributed by atoms with Crippen LogP contribution >= 0.6 is 0 Å². The summed E-state index contributed by atoms with van der Waals surface area (Å²) in [6.45, 7) is 0.0368. The number of nitrogens with one attached hydrogen (secondary N) is 3. The molecule has 0 bridgehead atoms. The van der Waals surface area contributed by atoms with Crippen LogP contribution in [0.15, 0.2) is 0 Å². The molecule has 1 saturated carbocycles. The average Bonchev–Trinajstić information content (AvgIpc) is 2.84. The number of carbonyl (C=O) groups excluding carboxylic acids is 2. The van der Waals surface area contributed by atoms with Gasteiger partial charge in [-0.2, -0.15) is 0 Å². The Labute approximate surface area is 70.9 Å². The average molecular weight is 171 g/mol. The van der Waals surface area contributed by atoms with Gasteiger partial charge in [0, 0.05) is 13.1 Å². The number of amides is 3. The Bertz CT molecular complexity index is 189. The van der Waals surface area contributed by atoms with E-state index in [9.17, 15) is 9.59 Å². The van der Waals surface area contributed by atoms with Gasteiger partial charge in [0.1, 0.15) is 0 Å². The van der Waals surface area contributed by atoms with E-state index in [4.69, 9.17) is 0 Å². The van der Waals surface area contributed by atoms with E-state index in [1.807, 2.05) is 0 Å². The summed E-state index contributed by atoms with van der Waals surface area (Å²) >= 11 is 0. The van der Waals surface area contributed by atoms with Crippen molar-refractivity contribution in [2.24, 2.45) is 0 Å². The van der Waals surface area contributed by atoms with Crippen molar-refractivity contribution in [2.45, 2.75) is 18.9 Å². The summed E-state index contributed by atoms with van der Waals surface area (Å²) in [4.78, 5) is 21.6. The maximum absolute atomic E-state index is 10.9. The van der Waals surface area contributed by atoms with Crippen LogP contribution < -0.4 is 16.0 Å². The summed E-state index contributed by atoms with van der Waals surface area (Å²) in [6.07, 6.45) is 2.10. The molecule has 0 aromatic heterocycles. The maximum atomic E-state index is 10.9. The first kappa shape index (κ1) is 8.83. The fourth-order valence-electron chi connectivity index (χ4n) is 0.713. The van der Waals surface area contributed by atoms with Crippen molar-refractivity contribution >= 4 is 11.9 Å². The highest BCUT2D eigenvalue weighted by Gasteiger charge is 2.22. The summed E-state index contributed by atoms with van der Waals surface area (Å²) in [5, 5.41) is 7.55. The molecule has 12 heavy (non-hydrogen) atoms. The lowest BCUT2D eigenvalue weighted by molar-refractivity contribution is -0.119. The van der Waals surface area contributed by atoms with Crippen LogP contribution in [0, 0.1) is 0 Å². The van der Waals surface area contributed by atoms with Crippen LogP contribution in [0.1, 0.15) is 12.8 Å². The lowest BCUT2D eigenvalue weighted by Crippen LogP contribution is -2.41. The van der Waals surface area contributed by atoms with Gasteiger partial charge in [-0.25, -0.2) is 4.79 Å².